The number of hydrogen-bond acceptors (Lipinski definition) is 3. The van der Waals surface area contributed by atoms with E-state index in [0.29, 0.717) is 0 Å². The van der Waals surface area contributed by atoms with E-state index >= 15 is 0 Å². The Morgan fingerprint density at radius 2 is 1.93 bits per heavy atom. The Hall–Kier alpha value is -2.10. The molecule has 0 spiro atoms. The molecule has 0 saturated carbocycles. The minimum Gasteiger partial charge on any atom is -0.508 e. The van der Waals surface area contributed by atoms with Crippen molar-refractivity contribution in [2.24, 2.45) is 0 Å². The van der Waals surface area contributed by atoms with E-state index in [1.54, 1.807) is 6.07 Å². The maximum Gasteiger partial charge on any atom is 0.339 e. The Labute approximate surface area is 84.4 Å². The summed E-state index contributed by atoms with van der Waals surface area (Å²) < 4.78 is 18.1. The van der Waals surface area contributed by atoms with Gasteiger partial charge in [0.1, 0.15) is 17.3 Å². The molecular formula is C11H7FO3. The highest BCUT2D eigenvalue weighted by atomic mass is 19.1. The van der Waals surface area contributed by atoms with Crippen molar-refractivity contribution >= 4 is 0 Å². The molecule has 0 aliphatic rings. The number of aromatic hydroxyl groups is 1. The summed E-state index contributed by atoms with van der Waals surface area (Å²) >= 11 is 0. The zero-order valence-electron chi connectivity index (χ0n) is 7.61. The van der Waals surface area contributed by atoms with Gasteiger partial charge >= 0.3 is 5.63 Å². The smallest absolute Gasteiger partial charge is 0.339 e. The molecule has 0 fully saturated rings. The summed E-state index contributed by atoms with van der Waals surface area (Å²) in [5.74, 6) is -0.742. The monoisotopic (exact) mass is 206 g/mol. The fourth-order valence-corrected chi connectivity index (χ4v) is 1.26. The van der Waals surface area contributed by atoms with Gasteiger partial charge in [0.05, 0.1) is 11.6 Å². The lowest BCUT2D eigenvalue weighted by atomic mass is 10.1. The van der Waals surface area contributed by atoms with Gasteiger partial charge in [0.2, 0.25) is 0 Å². The SMILES string of the molecule is O=c1cc(O)cc(-c2ccccc2F)o1. The lowest BCUT2D eigenvalue weighted by Gasteiger charge is -2.01. The number of benzene rings is 1. The highest BCUT2D eigenvalue weighted by Crippen LogP contribution is 2.23. The molecular weight excluding hydrogens is 199 g/mol. The minimum absolute atomic E-state index is 0.0121. The summed E-state index contributed by atoms with van der Waals surface area (Å²) in [7, 11) is 0. The molecule has 3 nitrogen and oxygen atoms in total. The largest absolute Gasteiger partial charge is 0.508 e. The molecule has 1 N–H and O–H groups in total. The molecule has 0 bridgehead atoms. The van der Waals surface area contributed by atoms with Gasteiger partial charge in [-0.2, -0.15) is 0 Å². The molecule has 2 rings (SSSR count). The van der Waals surface area contributed by atoms with E-state index in [-0.39, 0.29) is 17.1 Å². The third-order valence-corrected chi connectivity index (χ3v) is 1.89. The van der Waals surface area contributed by atoms with Crippen molar-refractivity contribution in [3.8, 4) is 17.1 Å². The summed E-state index contributed by atoms with van der Waals surface area (Å²) in [6, 6.07) is 7.97. The van der Waals surface area contributed by atoms with Gasteiger partial charge in [-0.25, -0.2) is 9.18 Å². The van der Waals surface area contributed by atoms with E-state index in [9.17, 15) is 9.18 Å². The molecule has 0 amide bonds. The molecule has 15 heavy (non-hydrogen) atoms. The maximum atomic E-state index is 13.3. The summed E-state index contributed by atoms with van der Waals surface area (Å²) in [5, 5.41) is 9.16. The molecule has 0 aliphatic carbocycles. The molecule has 1 heterocycles. The first-order chi connectivity index (χ1) is 7.16. The number of halogens is 1. The molecule has 0 unspecified atom stereocenters. The predicted octanol–water partition coefficient (Wildman–Crippen LogP) is 2.15. The zero-order valence-corrected chi connectivity index (χ0v) is 7.61. The molecule has 0 aliphatic heterocycles. The van der Waals surface area contributed by atoms with Crippen molar-refractivity contribution in [3.05, 3.63) is 52.6 Å². The minimum atomic E-state index is -0.715. The van der Waals surface area contributed by atoms with Gasteiger partial charge in [0, 0.05) is 6.07 Å². The van der Waals surface area contributed by atoms with Gasteiger partial charge in [0.15, 0.2) is 0 Å². The van der Waals surface area contributed by atoms with Crippen LogP contribution >= 0.6 is 0 Å². The second-order valence-corrected chi connectivity index (χ2v) is 2.98. The lowest BCUT2D eigenvalue weighted by Crippen LogP contribution is -1.97. The molecule has 2 aromatic rings. The first kappa shape index (κ1) is 9.45. The van der Waals surface area contributed by atoms with E-state index in [1.807, 2.05) is 0 Å². The number of rotatable bonds is 1. The van der Waals surface area contributed by atoms with Crippen molar-refractivity contribution in [2.45, 2.75) is 0 Å². The van der Waals surface area contributed by atoms with Crippen LogP contribution in [0.2, 0.25) is 0 Å². The van der Waals surface area contributed by atoms with Crippen LogP contribution < -0.4 is 5.63 Å². The highest BCUT2D eigenvalue weighted by molar-refractivity contribution is 5.58. The van der Waals surface area contributed by atoms with Gasteiger partial charge < -0.3 is 9.52 Å². The van der Waals surface area contributed by atoms with Crippen LogP contribution in [-0.4, -0.2) is 5.11 Å². The third kappa shape index (κ3) is 1.88. The van der Waals surface area contributed by atoms with Crippen LogP contribution in [0.3, 0.4) is 0 Å². The van der Waals surface area contributed by atoms with Gasteiger partial charge in [-0.05, 0) is 12.1 Å². The van der Waals surface area contributed by atoms with Crippen LogP contribution in [0, 0.1) is 5.82 Å². The lowest BCUT2D eigenvalue weighted by molar-refractivity contribution is 0.451. The summed E-state index contributed by atoms with van der Waals surface area (Å²) in [4.78, 5) is 10.9. The van der Waals surface area contributed by atoms with E-state index in [2.05, 4.69) is 0 Å². The van der Waals surface area contributed by atoms with E-state index in [1.165, 1.54) is 24.3 Å². The third-order valence-electron chi connectivity index (χ3n) is 1.89. The van der Waals surface area contributed by atoms with E-state index < -0.39 is 11.4 Å². The second kappa shape index (κ2) is 3.57. The Kier molecular flexibility index (Phi) is 2.25. The Balaban J connectivity index is 2.64. The maximum absolute atomic E-state index is 13.3. The normalized spacial score (nSPS) is 10.2. The van der Waals surface area contributed by atoms with Crippen molar-refractivity contribution in [3.63, 3.8) is 0 Å². The number of hydrogen-bond donors (Lipinski definition) is 1. The van der Waals surface area contributed by atoms with E-state index in [0.717, 1.165) is 6.07 Å². The quantitative estimate of drug-likeness (QED) is 0.777. The van der Waals surface area contributed by atoms with Crippen LogP contribution in [0.4, 0.5) is 4.39 Å². The first-order valence-corrected chi connectivity index (χ1v) is 4.26. The standard InChI is InChI=1S/C11H7FO3/c12-9-4-2-1-3-8(9)10-5-7(13)6-11(14)15-10/h1-6,13H. The second-order valence-electron chi connectivity index (χ2n) is 2.98. The van der Waals surface area contributed by atoms with Crippen LogP contribution in [0.25, 0.3) is 11.3 Å². The van der Waals surface area contributed by atoms with Crippen LogP contribution in [0.1, 0.15) is 0 Å². The molecule has 76 valence electrons. The molecule has 1 aromatic carbocycles. The Morgan fingerprint density at radius 3 is 2.60 bits per heavy atom. The fraction of sp³-hybridized carbons (Fsp3) is 0. The van der Waals surface area contributed by atoms with E-state index in [4.69, 9.17) is 9.52 Å². The van der Waals surface area contributed by atoms with Crippen molar-refractivity contribution in [2.75, 3.05) is 0 Å². The summed E-state index contributed by atoms with van der Waals surface area (Å²) in [6.45, 7) is 0. The topological polar surface area (TPSA) is 50.4 Å². The molecule has 0 atom stereocenters. The summed E-state index contributed by atoms with van der Waals surface area (Å²) in [5.41, 5.74) is -0.571. The summed E-state index contributed by atoms with van der Waals surface area (Å²) in [6.07, 6.45) is 0. The van der Waals surface area contributed by atoms with Crippen molar-refractivity contribution in [1.29, 1.82) is 0 Å². The molecule has 0 saturated heterocycles. The fourth-order valence-electron chi connectivity index (χ4n) is 1.26. The van der Waals surface area contributed by atoms with Gasteiger partial charge in [-0.1, -0.05) is 12.1 Å². The first-order valence-electron chi connectivity index (χ1n) is 4.26. The molecule has 4 heteroatoms. The van der Waals surface area contributed by atoms with Gasteiger partial charge in [-0.3, -0.25) is 0 Å². The molecule has 0 radical (unpaired) electrons. The Morgan fingerprint density at radius 1 is 1.20 bits per heavy atom. The Bertz CT molecular complexity index is 546. The zero-order chi connectivity index (χ0) is 10.8. The average Bonchev–Trinajstić information content (AvgIpc) is 2.16. The predicted molar refractivity (Wildman–Crippen MR) is 52.0 cm³/mol. The van der Waals surface area contributed by atoms with Crippen LogP contribution in [0.15, 0.2) is 45.6 Å². The van der Waals surface area contributed by atoms with Gasteiger partial charge in [-0.15, -0.1) is 0 Å². The van der Waals surface area contributed by atoms with Crippen molar-refractivity contribution < 1.29 is 13.9 Å². The van der Waals surface area contributed by atoms with Crippen LogP contribution in [-0.2, 0) is 0 Å². The average molecular weight is 206 g/mol. The highest BCUT2D eigenvalue weighted by Gasteiger charge is 2.08. The van der Waals surface area contributed by atoms with Crippen LogP contribution in [0.5, 0.6) is 5.75 Å². The molecule has 1 aromatic heterocycles. The van der Waals surface area contributed by atoms with Crippen molar-refractivity contribution in [1.82, 2.24) is 0 Å². The van der Waals surface area contributed by atoms with Gasteiger partial charge in [0.25, 0.3) is 0 Å².